The van der Waals surface area contributed by atoms with Crippen LogP contribution in [0.4, 0.5) is 0 Å². The van der Waals surface area contributed by atoms with Crippen molar-refractivity contribution < 1.29 is 0 Å². The van der Waals surface area contributed by atoms with Crippen molar-refractivity contribution >= 4 is 5.96 Å². The quantitative estimate of drug-likeness (QED) is 0.804. The van der Waals surface area contributed by atoms with E-state index in [0.717, 1.165) is 32.0 Å². The van der Waals surface area contributed by atoms with Gasteiger partial charge in [0.2, 0.25) is 0 Å². The molecule has 0 aliphatic carbocycles. The molecule has 0 saturated carbocycles. The zero-order chi connectivity index (χ0) is 12.3. The largest absolute Gasteiger partial charge is 0.356 e. The van der Waals surface area contributed by atoms with Gasteiger partial charge in [0.1, 0.15) is 0 Å². The van der Waals surface area contributed by atoms with Gasteiger partial charge < -0.3 is 10.6 Å². The topological polar surface area (TPSA) is 54.2 Å². The highest BCUT2D eigenvalue weighted by atomic mass is 15.2. The van der Waals surface area contributed by atoms with Crippen LogP contribution in [0.25, 0.3) is 0 Å². The Morgan fingerprint density at radius 3 is 2.94 bits per heavy atom. The number of nitrogens with one attached hydrogen (secondary N) is 2. The molecule has 0 unspecified atom stereocenters. The molecule has 5 nitrogen and oxygen atoms in total. The molecule has 17 heavy (non-hydrogen) atoms. The summed E-state index contributed by atoms with van der Waals surface area (Å²) in [7, 11) is 1.94. The van der Waals surface area contributed by atoms with Crippen molar-refractivity contribution in [1.29, 1.82) is 0 Å². The van der Waals surface area contributed by atoms with Gasteiger partial charge in [-0.3, -0.25) is 9.67 Å². The average Bonchev–Trinajstić information content (AvgIpc) is 2.67. The van der Waals surface area contributed by atoms with Gasteiger partial charge in [0.15, 0.2) is 5.96 Å². The van der Waals surface area contributed by atoms with Gasteiger partial charge in [0.05, 0.1) is 6.20 Å². The third kappa shape index (κ3) is 3.47. The van der Waals surface area contributed by atoms with E-state index < -0.39 is 0 Å². The van der Waals surface area contributed by atoms with Gasteiger partial charge in [-0.1, -0.05) is 13.8 Å². The standard InChI is InChI=1S/C12H21N5/c1-12(2)8-14-11(15-9-12)13-5-4-10-6-16-17(3)7-10/h6-7H,4-5,8-9H2,1-3H3,(H2,13,14,15). The summed E-state index contributed by atoms with van der Waals surface area (Å²) < 4.78 is 1.83. The van der Waals surface area contributed by atoms with Gasteiger partial charge in [0, 0.05) is 38.3 Å². The van der Waals surface area contributed by atoms with Crippen molar-refractivity contribution in [2.24, 2.45) is 17.5 Å². The van der Waals surface area contributed by atoms with E-state index in [2.05, 4.69) is 34.6 Å². The number of aryl methyl sites for hydroxylation is 1. The highest BCUT2D eigenvalue weighted by molar-refractivity contribution is 5.80. The van der Waals surface area contributed by atoms with Crippen LogP contribution in [0.5, 0.6) is 0 Å². The van der Waals surface area contributed by atoms with E-state index in [9.17, 15) is 0 Å². The maximum atomic E-state index is 4.49. The van der Waals surface area contributed by atoms with Gasteiger partial charge in [-0.2, -0.15) is 5.10 Å². The maximum absolute atomic E-state index is 4.49. The van der Waals surface area contributed by atoms with Crippen LogP contribution in [0.1, 0.15) is 19.4 Å². The molecule has 2 heterocycles. The van der Waals surface area contributed by atoms with E-state index in [1.807, 2.05) is 24.1 Å². The first kappa shape index (κ1) is 12.0. The fraction of sp³-hybridized carbons (Fsp3) is 0.667. The summed E-state index contributed by atoms with van der Waals surface area (Å²) >= 11 is 0. The highest BCUT2D eigenvalue weighted by Crippen LogP contribution is 2.15. The number of aliphatic imine (C=N–C) groups is 1. The van der Waals surface area contributed by atoms with E-state index in [-0.39, 0.29) is 5.41 Å². The van der Waals surface area contributed by atoms with Gasteiger partial charge in [-0.15, -0.1) is 0 Å². The molecule has 94 valence electrons. The van der Waals surface area contributed by atoms with Crippen LogP contribution < -0.4 is 10.6 Å². The predicted octanol–water partition coefficient (Wildman–Crippen LogP) is 0.538. The molecule has 0 amide bonds. The molecular weight excluding hydrogens is 214 g/mol. The van der Waals surface area contributed by atoms with Gasteiger partial charge >= 0.3 is 0 Å². The summed E-state index contributed by atoms with van der Waals surface area (Å²) in [6, 6.07) is 0. The molecule has 5 heteroatoms. The van der Waals surface area contributed by atoms with E-state index in [0.29, 0.717) is 0 Å². The Morgan fingerprint density at radius 1 is 1.53 bits per heavy atom. The van der Waals surface area contributed by atoms with Crippen molar-refractivity contribution in [1.82, 2.24) is 20.4 Å². The molecule has 0 saturated heterocycles. The highest BCUT2D eigenvalue weighted by Gasteiger charge is 2.21. The van der Waals surface area contributed by atoms with E-state index in [1.165, 1.54) is 5.56 Å². The summed E-state index contributed by atoms with van der Waals surface area (Å²) in [6.07, 6.45) is 4.92. The molecule has 0 bridgehead atoms. The Labute approximate surface area is 102 Å². The molecule has 0 atom stereocenters. The molecule has 1 aliphatic heterocycles. The molecular formula is C12H21N5. The Bertz CT molecular complexity index is 405. The average molecular weight is 235 g/mol. The van der Waals surface area contributed by atoms with Crippen molar-refractivity contribution in [2.75, 3.05) is 19.6 Å². The van der Waals surface area contributed by atoms with Crippen LogP contribution in [-0.2, 0) is 13.5 Å². The second-order valence-electron chi connectivity index (χ2n) is 5.38. The molecule has 0 spiro atoms. The van der Waals surface area contributed by atoms with Crippen LogP contribution in [0, 0.1) is 5.41 Å². The first-order valence-corrected chi connectivity index (χ1v) is 6.05. The first-order valence-electron chi connectivity index (χ1n) is 6.05. The Kier molecular flexibility index (Phi) is 3.36. The Hall–Kier alpha value is -1.52. The van der Waals surface area contributed by atoms with Gasteiger partial charge in [-0.05, 0) is 12.0 Å². The molecule has 1 aliphatic rings. The van der Waals surface area contributed by atoms with Crippen LogP contribution in [0.2, 0.25) is 0 Å². The number of aromatic nitrogens is 2. The monoisotopic (exact) mass is 235 g/mol. The zero-order valence-electron chi connectivity index (χ0n) is 10.8. The second-order valence-corrected chi connectivity index (χ2v) is 5.38. The van der Waals surface area contributed by atoms with Crippen molar-refractivity contribution in [3.05, 3.63) is 18.0 Å². The predicted molar refractivity (Wildman–Crippen MR) is 69.0 cm³/mol. The molecule has 0 aromatic carbocycles. The molecule has 1 aromatic heterocycles. The summed E-state index contributed by atoms with van der Waals surface area (Å²) in [5.74, 6) is 0.924. The minimum absolute atomic E-state index is 0.272. The summed E-state index contributed by atoms with van der Waals surface area (Å²) in [5, 5.41) is 10.8. The van der Waals surface area contributed by atoms with Crippen LogP contribution >= 0.6 is 0 Å². The van der Waals surface area contributed by atoms with Crippen molar-refractivity contribution in [3.63, 3.8) is 0 Å². The number of rotatable bonds is 3. The lowest BCUT2D eigenvalue weighted by Crippen LogP contribution is -2.47. The number of hydrogen-bond donors (Lipinski definition) is 2. The van der Waals surface area contributed by atoms with Crippen molar-refractivity contribution in [2.45, 2.75) is 20.3 Å². The van der Waals surface area contributed by atoms with E-state index in [4.69, 9.17) is 0 Å². The third-order valence-electron chi connectivity index (χ3n) is 2.86. The Balaban J connectivity index is 1.74. The molecule has 0 fully saturated rings. The SMILES string of the molecule is Cn1cc(CCNC2=NCC(C)(C)CN2)cn1. The molecule has 1 aromatic rings. The first-order chi connectivity index (χ1) is 8.05. The Morgan fingerprint density at radius 2 is 2.35 bits per heavy atom. The van der Waals surface area contributed by atoms with E-state index in [1.54, 1.807) is 0 Å². The minimum atomic E-state index is 0.272. The van der Waals surface area contributed by atoms with E-state index >= 15 is 0 Å². The lowest BCUT2D eigenvalue weighted by atomic mass is 9.93. The fourth-order valence-corrected chi connectivity index (χ4v) is 1.77. The van der Waals surface area contributed by atoms with Crippen molar-refractivity contribution in [3.8, 4) is 0 Å². The lowest BCUT2D eigenvalue weighted by molar-refractivity contribution is 0.358. The minimum Gasteiger partial charge on any atom is -0.356 e. The molecule has 2 rings (SSSR count). The summed E-state index contributed by atoms with van der Waals surface area (Å²) in [5.41, 5.74) is 1.52. The second kappa shape index (κ2) is 4.77. The zero-order valence-corrected chi connectivity index (χ0v) is 10.8. The fourth-order valence-electron chi connectivity index (χ4n) is 1.77. The van der Waals surface area contributed by atoms with Crippen LogP contribution in [0.3, 0.4) is 0 Å². The summed E-state index contributed by atoms with van der Waals surface area (Å²) in [6.45, 7) is 7.19. The van der Waals surface area contributed by atoms with Gasteiger partial charge in [0.25, 0.3) is 0 Å². The molecule has 2 N–H and O–H groups in total. The van der Waals surface area contributed by atoms with Crippen LogP contribution in [-0.4, -0.2) is 35.4 Å². The smallest absolute Gasteiger partial charge is 0.191 e. The number of hydrogen-bond acceptors (Lipinski definition) is 4. The summed E-state index contributed by atoms with van der Waals surface area (Å²) in [4.78, 5) is 4.49. The van der Waals surface area contributed by atoms with Gasteiger partial charge in [-0.25, -0.2) is 0 Å². The lowest BCUT2D eigenvalue weighted by Gasteiger charge is -2.29. The van der Waals surface area contributed by atoms with Crippen LogP contribution in [0.15, 0.2) is 17.4 Å². The maximum Gasteiger partial charge on any atom is 0.191 e. The normalized spacial score (nSPS) is 18.4. The third-order valence-corrected chi connectivity index (χ3v) is 2.86. The molecule has 0 radical (unpaired) electrons. The number of guanidine groups is 1. The number of nitrogens with zero attached hydrogens (tertiary/aromatic N) is 3.